The number of halogens is 2. The normalized spacial score (nSPS) is 18.8. The van der Waals surface area contributed by atoms with Gasteiger partial charge in [-0.25, -0.2) is 0 Å². The average Bonchev–Trinajstić information content (AvgIpc) is 2.74. The molecule has 2 aromatic rings. The van der Waals surface area contributed by atoms with Gasteiger partial charge >= 0.3 is 0 Å². The quantitative estimate of drug-likeness (QED) is 0.400. The van der Waals surface area contributed by atoms with Crippen LogP contribution in [0.25, 0.3) is 0 Å². The fourth-order valence-electron chi connectivity index (χ4n) is 4.07. The second-order valence-corrected chi connectivity index (χ2v) is 11.4. The van der Waals surface area contributed by atoms with Crippen LogP contribution in [-0.4, -0.2) is 34.3 Å². The van der Waals surface area contributed by atoms with Crippen molar-refractivity contribution in [2.75, 3.05) is 17.6 Å². The molecule has 32 heavy (non-hydrogen) atoms. The Bertz CT molecular complexity index is 951. The summed E-state index contributed by atoms with van der Waals surface area (Å²) in [5.74, 6) is 0.534. The number of hydrogen-bond donors (Lipinski definition) is 1. The number of piperidine rings is 1. The number of benzene rings is 2. The van der Waals surface area contributed by atoms with Gasteiger partial charge in [0.05, 0.1) is 6.04 Å². The zero-order valence-electron chi connectivity index (χ0n) is 18.7. The molecule has 0 saturated carbocycles. The van der Waals surface area contributed by atoms with Gasteiger partial charge in [-0.3, -0.25) is 9.59 Å². The molecule has 2 aromatic carbocycles. The van der Waals surface area contributed by atoms with Crippen LogP contribution in [0.5, 0.6) is 0 Å². The van der Waals surface area contributed by atoms with Crippen molar-refractivity contribution >= 4 is 56.8 Å². The molecular weight excluding hydrogens is 508 g/mol. The Morgan fingerprint density at radius 2 is 1.94 bits per heavy atom. The first-order valence-electron chi connectivity index (χ1n) is 11.0. The molecular formula is C25H30BrClN2O2S. The van der Waals surface area contributed by atoms with Crippen LogP contribution >= 0.6 is 39.3 Å². The van der Waals surface area contributed by atoms with E-state index >= 15 is 0 Å². The van der Waals surface area contributed by atoms with Crippen molar-refractivity contribution in [2.45, 2.75) is 51.3 Å². The second kappa shape index (κ2) is 11.6. The number of hydrogen-bond acceptors (Lipinski definition) is 3. The van der Waals surface area contributed by atoms with E-state index in [1.54, 1.807) is 0 Å². The molecule has 2 amide bonds. The summed E-state index contributed by atoms with van der Waals surface area (Å²) < 4.78 is 0.948. The van der Waals surface area contributed by atoms with Gasteiger partial charge in [0.1, 0.15) is 0 Å². The van der Waals surface area contributed by atoms with Crippen LogP contribution in [0.2, 0.25) is 5.02 Å². The topological polar surface area (TPSA) is 49.4 Å². The summed E-state index contributed by atoms with van der Waals surface area (Å²) in [5, 5.41) is 4.19. The number of carbonyl (C=O) groups excluding carboxylic acids is 2. The van der Waals surface area contributed by atoms with Crippen LogP contribution in [-0.2, 0) is 9.59 Å². The maximum atomic E-state index is 13.5. The van der Waals surface area contributed by atoms with Gasteiger partial charge in [-0.05, 0) is 60.4 Å². The molecule has 0 spiro atoms. The van der Waals surface area contributed by atoms with Crippen LogP contribution in [0.1, 0.15) is 50.3 Å². The summed E-state index contributed by atoms with van der Waals surface area (Å²) in [4.78, 5) is 28.2. The van der Waals surface area contributed by atoms with Crippen molar-refractivity contribution in [3.8, 4) is 0 Å². The highest BCUT2D eigenvalue weighted by atomic mass is 79.9. The van der Waals surface area contributed by atoms with Gasteiger partial charge in [0, 0.05) is 39.8 Å². The van der Waals surface area contributed by atoms with Gasteiger partial charge in [0.25, 0.3) is 0 Å². The predicted molar refractivity (Wildman–Crippen MR) is 138 cm³/mol. The van der Waals surface area contributed by atoms with Crippen molar-refractivity contribution in [2.24, 2.45) is 5.92 Å². The van der Waals surface area contributed by atoms with E-state index in [1.807, 2.05) is 66.1 Å². The largest absolute Gasteiger partial charge is 0.335 e. The molecule has 2 atom stereocenters. The lowest BCUT2D eigenvalue weighted by molar-refractivity contribution is -0.143. The van der Waals surface area contributed by atoms with E-state index < -0.39 is 0 Å². The van der Waals surface area contributed by atoms with Gasteiger partial charge in [-0.15, -0.1) is 0 Å². The summed E-state index contributed by atoms with van der Waals surface area (Å²) in [7, 11) is 0. The maximum Gasteiger partial charge on any atom is 0.226 e. The van der Waals surface area contributed by atoms with E-state index in [4.69, 9.17) is 11.6 Å². The summed E-state index contributed by atoms with van der Waals surface area (Å²) in [6, 6.07) is 13.5. The molecule has 1 unspecified atom stereocenters. The van der Waals surface area contributed by atoms with Gasteiger partial charge in [0.15, 0.2) is 0 Å². The molecule has 7 heteroatoms. The average molecular weight is 538 g/mol. The lowest BCUT2D eigenvalue weighted by atomic mass is 9.86. The third-order valence-electron chi connectivity index (χ3n) is 5.81. The molecule has 0 aromatic heterocycles. The first-order chi connectivity index (χ1) is 15.3. The van der Waals surface area contributed by atoms with E-state index in [1.165, 1.54) is 0 Å². The van der Waals surface area contributed by atoms with Crippen molar-refractivity contribution in [1.29, 1.82) is 0 Å². The molecule has 1 aliphatic rings. The van der Waals surface area contributed by atoms with Gasteiger partial charge < -0.3 is 10.2 Å². The Kier molecular flexibility index (Phi) is 9.09. The van der Waals surface area contributed by atoms with Gasteiger partial charge in [-0.1, -0.05) is 59.6 Å². The molecule has 1 aliphatic heterocycles. The third kappa shape index (κ3) is 6.52. The number of rotatable bonds is 8. The van der Waals surface area contributed by atoms with E-state index in [0.717, 1.165) is 33.5 Å². The Morgan fingerprint density at radius 3 is 2.62 bits per heavy atom. The smallest absolute Gasteiger partial charge is 0.226 e. The Hall–Kier alpha value is -1.50. The summed E-state index contributed by atoms with van der Waals surface area (Å²) in [6.07, 6.45) is 1.74. The minimum atomic E-state index is -0.296. The van der Waals surface area contributed by atoms with E-state index in [9.17, 15) is 9.59 Å². The predicted octanol–water partition coefficient (Wildman–Crippen LogP) is 6.86. The number of nitrogens with zero attached hydrogens (tertiary/aromatic N) is 1. The molecule has 0 aliphatic carbocycles. The number of thioether (sulfide) groups is 1. The lowest BCUT2D eigenvalue weighted by Gasteiger charge is -2.39. The first-order valence-corrected chi connectivity index (χ1v) is 13.2. The van der Waals surface area contributed by atoms with Crippen molar-refractivity contribution in [3.05, 3.63) is 63.1 Å². The molecule has 0 radical (unpaired) electrons. The molecule has 1 fully saturated rings. The Balaban J connectivity index is 1.71. The second-order valence-electron chi connectivity index (χ2n) is 8.46. The molecule has 1 saturated heterocycles. The highest BCUT2D eigenvalue weighted by Gasteiger charge is 2.36. The molecule has 172 valence electrons. The van der Waals surface area contributed by atoms with Crippen molar-refractivity contribution in [3.63, 3.8) is 0 Å². The fraction of sp³-hybridized carbons (Fsp3) is 0.440. The van der Waals surface area contributed by atoms with Crippen LogP contribution in [0.15, 0.2) is 46.9 Å². The minimum Gasteiger partial charge on any atom is -0.335 e. The zero-order valence-corrected chi connectivity index (χ0v) is 21.9. The van der Waals surface area contributed by atoms with E-state index in [-0.39, 0.29) is 30.2 Å². The Labute approximate surface area is 208 Å². The van der Waals surface area contributed by atoms with Crippen LogP contribution in [0.4, 0.5) is 5.69 Å². The summed E-state index contributed by atoms with van der Waals surface area (Å²) >= 11 is 11.4. The van der Waals surface area contributed by atoms with E-state index in [2.05, 4.69) is 35.1 Å². The van der Waals surface area contributed by atoms with Crippen molar-refractivity contribution < 1.29 is 9.59 Å². The number of carbonyl (C=O) groups is 2. The lowest BCUT2D eigenvalue weighted by Crippen LogP contribution is -2.45. The van der Waals surface area contributed by atoms with Gasteiger partial charge in [0.2, 0.25) is 11.8 Å². The number of amides is 2. The minimum absolute atomic E-state index is 0.0270. The first kappa shape index (κ1) is 25.1. The fourth-order valence-corrected chi connectivity index (χ4v) is 5.33. The van der Waals surface area contributed by atoms with Crippen LogP contribution in [0, 0.1) is 12.8 Å². The molecule has 1 N–H and O–H groups in total. The molecule has 0 bridgehead atoms. The van der Waals surface area contributed by atoms with Gasteiger partial charge in [-0.2, -0.15) is 11.8 Å². The highest BCUT2D eigenvalue weighted by molar-refractivity contribution is 9.10. The summed E-state index contributed by atoms with van der Waals surface area (Å²) in [5.41, 5.74) is 2.85. The molecule has 3 rings (SSSR count). The molecule has 1 heterocycles. The zero-order chi connectivity index (χ0) is 23.3. The number of nitrogens with one attached hydrogen (secondary N) is 1. The number of likely N-dealkylation sites (tertiary alicyclic amines) is 1. The SMILES string of the molecule is Cc1c(Br)cccc1NC(=O)C[C@H]1CCC(c2ccc(Cl)cc2)N(CCSC(C)C)C1=O. The number of anilines is 1. The van der Waals surface area contributed by atoms with Crippen LogP contribution < -0.4 is 5.32 Å². The van der Waals surface area contributed by atoms with Crippen molar-refractivity contribution in [1.82, 2.24) is 4.90 Å². The third-order valence-corrected chi connectivity index (χ3v) is 8.00. The summed E-state index contributed by atoms with van der Waals surface area (Å²) in [6.45, 7) is 6.96. The van der Waals surface area contributed by atoms with Crippen LogP contribution in [0.3, 0.4) is 0 Å². The highest BCUT2D eigenvalue weighted by Crippen LogP contribution is 2.36. The molecule has 4 nitrogen and oxygen atoms in total. The monoisotopic (exact) mass is 536 g/mol. The maximum absolute atomic E-state index is 13.5. The van der Waals surface area contributed by atoms with E-state index in [0.29, 0.717) is 23.2 Å². The standard InChI is InChI=1S/C25H30BrClN2O2S/c1-16(2)32-14-13-29-23(18-7-10-20(27)11-8-18)12-9-19(25(29)31)15-24(30)28-22-6-4-5-21(26)17(22)3/h4-8,10-11,16,19,23H,9,12-15H2,1-3H3,(H,28,30)/t19-,23?/m1/s1. The Morgan fingerprint density at radius 1 is 1.22 bits per heavy atom.